The second kappa shape index (κ2) is 11.0. The summed E-state index contributed by atoms with van der Waals surface area (Å²) >= 11 is 0. The molecule has 2 aliphatic heterocycles. The fourth-order valence-corrected chi connectivity index (χ4v) is 5.21. The van der Waals surface area contributed by atoms with Crippen molar-refractivity contribution in [3.8, 4) is 28.6 Å². The van der Waals surface area contributed by atoms with Gasteiger partial charge in [0.05, 0.1) is 50.4 Å². The lowest BCUT2D eigenvalue weighted by atomic mass is 9.88. The molecule has 0 aliphatic carbocycles. The number of para-hydroxylation sites is 1. The molecule has 1 unspecified atom stereocenters. The largest absolute Gasteiger partial charge is 0.496 e. The van der Waals surface area contributed by atoms with Gasteiger partial charge < -0.3 is 28.1 Å². The zero-order chi connectivity index (χ0) is 30.2. The smallest absolute Gasteiger partial charge is 0.337 e. The lowest BCUT2D eigenvalue weighted by Gasteiger charge is -2.24. The minimum absolute atomic E-state index is 0.0743. The van der Waals surface area contributed by atoms with Crippen LogP contribution in [0.2, 0.25) is 0 Å². The summed E-state index contributed by atoms with van der Waals surface area (Å²) in [6.45, 7) is 0. The van der Waals surface area contributed by atoms with Crippen molar-refractivity contribution >= 4 is 29.8 Å². The third-order valence-electron chi connectivity index (χ3n) is 7.24. The molecule has 0 bridgehead atoms. The molecule has 3 heterocycles. The van der Waals surface area contributed by atoms with Crippen LogP contribution in [0.15, 0.2) is 76.9 Å². The molecule has 10 heteroatoms. The van der Waals surface area contributed by atoms with Crippen molar-refractivity contribution in [1.82, 2.24) is 0 Å². The average molecular weight is 581 g/mol. The molecule has 3 aromatic carbocycles. The van der Waals surface area contributed by atoms with E-state index in [2.05, 4.69) is 0 Å². The van der Waals surface area contributed by atoms with Crippen LogP contribution in [-0.2, 0) is 14.3 Å². The number of ketones is 1. The molecule has 0 spiro atoms. The molecule has 4 aromatic rings. The van der Waals surface area contributed by atoms with Gasteiger partial charge in [-0.15, -0.1) is 0 Å². The maximum absolute atomic E-state index is 13.4. The Balaban J connectivity index is 1.41. The Kier molecular flexibility index (Phi) is 7.03. The van der Waals surface area contributed by atoms with Crippen LogP contribution in [0.3, 0.4) is 0 Å². The van der Waals surface area contributed by atoms with E-state index in [9.17, 15) is 19.2 Å². The monoisotopic (exact) mass is 580 g/mol. The molecule has 0 saturated heterocycles. The van der Waals surface area contributed by atoms with E-state index in [-0.39, 0.29) is 40.6 Å². The van der Waals surface area contributed by atoms with Crippen LogP contribution in [0.25, 0.3) is 17.4 Å². The molecule has 0 N–H and O–H groups in total. The second-order valence-electron chi connectivity index (χ2n) is 9.75. The number of esters is 3. The Morgan fingerprint density at radius 2 is 1.58 bits per heavy atom. The topological polar surface area (TPSA) is 128 Å². The lowest BCUT2D eigenvalue weighted by molar-refractivity contribution is -0.135. The highest BCUT2D eigenvalue weighted by molar-refractivity contribution is 6.15. The summed E-state index contributed by atoms with van der Waals surface area (Å²) in [6, 6.07) is 18.1. The SMILES string of the molecule is COC(=O)c1cc(C(=O)OC)cc(-c2ccc(C3CC(=O)Oc4ccc5c(c43)O/C(=C\c3ccccc3OC)C5=O)o2)c1. The van der Waals surface area contributed by atoms with Crippen LogP contribution in [0, 0.1) is 0 Å². The van der Waals surface area contributed by atoms with Crippen LogP contribution in [0.1, 0.15) is 60.3 Å². The minimum atomic E-state index is -0.651. The number of hydrogen-bond acceptors (Lipinski definition) is 10. The van der Waals surface area contributed by atoms with Crippen molar-refractivity contribution in [3.05, 3.63) is 106 Å². The molecule has 1 atom stereocenters. The first-order valence-corrected chi connectivity index (χ1v) is 13.2. The molecule has 6 rings (SSSR count). The van der Waals surface area contributed by atoms with Gasteiger partial charge in [0.1, 0.15) is 28.8 Å². The first-order valence-electron chi connectivity index (χ1n) is 13.2. The van der Waals surface area contributed by atoms with E-state index >= 15 is 0 Å². The number of ether oxygens (including phenoxy) is 5. The average Bonchev–Trinajstić information content (AvgIpc) is 3.65. The van der Waals surface area contributed by atoms with E-state index in [0.717, 1.165) is 0 Å². The Hall–Kier alpha value is -5.64. The van der Waals surface area contributed by atoms with Crippen LogP contribution < -0.4 is 14.2 Å². The maximum atomic E-state index is 13.4. The Morgan fingerprint density at radius 1 is 0.860 bits per heavy atom. The summed E-state index contributed by atoms with van der Waals surface area (Å²) in [5, 5.41) is 0. The van der Waals surface area contributed by atoms with E-state index in [4.69, 9.17) is 28.1 Å². The van der Waals surface area contributed by atoms with Crippen molar-refractivity contribution in [1.29, 1.82) is 0 Å². The molecule has 216 valence electrons. The Bertz CT molecular complexity index is 1810. The summed E-state index contributed by atoms with van der Waals surface area (Å²) in [7, 11) is 4.01. The van der Waals surface area contributed by atoms with Gasteiger partial charge in [-0.25, -0.2) is 9.59 Å². The second-order valence-corrected chi connectivity index (χ2v) is 9.75. The van der Waals surface area contributed by atoms with Gasteiger partial charge >= 0.3 is 17.9 Å². The number of Topliss-reactive ketones (excluding diaryl/α,β-unsaturated/α-hetero) is 1. The van der Waals surface area contributed by atoms with Crippen LogP contribution in [0.5, 0.6) is 17.2 Å². The Labute approximate surface area is 245 Å². The summed E-state index contributed by atoms with van der Waals surface area (Å²) < 4.78 is 32.9. The van der Waals surface area contributed by atoms with Gasteiger partial charge in [0, 0.05) is 16.7 Å². The van der Waals surface area contributed by atoms with Crippen LogP contribution >= 0.6 is 0 Å². The first-order chi connectivity index (χ1) is 20.8. The minimum Gasteiger partial charge on any atom is -0.496 e. The number of hydrogen-bond donors (Lipinski definition) is 0. The van der Waals surface area contributed by atoms with Gasteiger partial charge in [-0.2, -0.15) is 0 Å². The fraction of sp³-hybridized carbons (Fsp3) is 0.152. The van der Waals surface area contributed by atoms with Crippen LogP contribution in [0.4, 0.5) is 0 Å². The van der Waals surface area contributed by atoms with Crippen molar-refractivity contribution in [2.45, 2.75) is 12.3 Å². The highest BCUT2D eigenvalue weighted by atomic mass is 16.5. The number of furan rings is 1. The summed E-state index contributed by atoms with van der Waals surface area (Å²) in [5.74, 6) is -0.819. The van der Waals surface area contributed by atoms with Gasteiger partial charge in [-0.3, -0.25) is 9.59 Å². The molecule has 0 fully saturated rings. The summed E-state index contributed by atoms with van der Waals surface area (Å²) in [5.41, 5.74) is 2.15. The van der Waals surface area contributed by atoms with Crippen LogP contribution in [-0.4, -0.2) is 45.0 Å². The number of allylic oxidation sites excluding steroid dienone is 1. The highest BCUT2D eigenvalue weighted by Gasteiger charge is 2.40. The number of benzene rings is 3. The third-order valence-corrected chi connectivity index (χ3v) is 7.24. The first kappa shape index (κ1) is 27.5. The normalized spacial score (nSPS) is 16.2. The van der Waals surface area contributed by atoms with Gasteiger partial charge in [-0.05, 0) is 54.6 Å². The molecule has 43 heavy (non-hydrogen) atoms. The van der Waals surface area contributed by atoms with E-state index in [0.29, 0.717) is 39.5 Å². The van der Waals surface area contributed by atoms with Crippen molar-refractivity contribution in [3.63, 3.8) is 0 Å². The molecule has 0 amide bonds. The van der Waals surface area contributed by atoms with Gasteiger partial charge in [0.15, 0.2) is 5.76 Å². The molecule has 10 nitrogen and oxygen atoms in total. The maximum Gasteiger partial charge on any atom is 0.337 e. The van der Waals surface area contributed by atoms with Crippen molar-refractivity contribution in [2.24, 2.45) is 0 Å². The zero-order valence-corrected chi connectivity index (χ0v) is 23.3. The number of rotatable bonds is 6. The molecule has 0 saturated carbocycles. The zero-order valence-electron chi connectivity index (χ0n) is 23.3. The summed E-state index contributed by atoms with van der Waals surface area (Å²) in [6.07, 6.45) is 1.53. The number of carbonyl (C=O) groups excluding carboxylic acids is 4. The standard InChI is InChI=1S/C33H24O10/c1-38-23-7-5-4-6-17(23)15-27-30(35)21-8-9-26-29(31(21)43-27)22(16-28(34)42-26)25-11-10-24(41-25)18-12-19(32(36)39-2)14-20(13-18)33(37)40-3/h4-15,22H,16H2,1-3H3/b27-15-. The van der Waals surface area contributed by atoms with E-state index in [1.807, 2.05) is 12.1 Å². The van der Waals surface area contributed by atoms with E-state index in [1.54, 1.807) is 42.5 Å². The van der Waals surface area contributed by atoms with Gasteiger partial charge in [0.2, 0.25) is 5.78 Å². The van der Waals surface area contributed by atoms with Gasteiger partial charge in [-0.1, -0.05) is 18.2 Å². The molecule has 0 radical (unpaired) electrons. The molecule has 2 aliphatic rings. The predicted octanol–water partition coefficient (Wildman–Crippen LogP) is 5.59. The van der Waals surface area contributed by atoms with Crippen molar-refractivity contribution in [2.75, 3.05) is 21.3 Å². The van der Waals surface area contributed by atoms with Gasteiger partial charge in [0.25, 0.3) is 0 Å². The molecular weight excluding hydrogens is 556 g/mol. The highest BCUT2D eigenvalue weighted by Crippen LogP contribution is 2.49. The Morgan fingerprint density at radius 3 is 2.28 bits per heavy atom. The number of carbonyl (C=O) groups is 4. The number of methoxy groups -OCH3 is 3. The third kappa shape index (κ3) is 4.93. The molecular formula is C33H24O10. The number of fused-ring (bicyclic) bond motifs is 3. The predicted molar refractivity (Wildman–Crippen MR) is 151 cm³/mol. The van der Waals surface area contributed by atoms with Crippen molar-refractivity contribution < 1.29 is 47.3 Å². The van der Waals surface area contributed by atoms with E-state index in [1.165, 1.54) is 39.5 Å². The fourth-order valence-electron chi connectivity index (χ4n) is 5.21. The van der Waals surface area contributed by atoms with E-state index < -0.39 is 23.8 Å². The summed E-state index contributed by atoms with van der Waals surface area (Å²) in [4.78, 5) is 50.6. The lowest BCUT2D eigenvalue weighted by Crippen LogP contribution is -2.21. The quantitative estimate of drug-likeness (QED) is 0.162. The molecule has 1 aromatic heterocycles.